The fourth-order valence-electron chi connectivity index (χ4n) is 4.76. The van der Waals surface area contributed by atoms with Crippen LogP contribution in [0.2, 0.25) is 0 Å². The summed E-state index contributed by atoms with van der Waals surface area (Å²) in [5.41, 5.74) is 17.0. The minimum Gasteiger partial charge on any atom is -0.494 e. The number of aliphatic carboxylic acids is 1. The largest absolute Gasteiger partial charge is 0.494 e. The van der Waals surface area contributed by atoms with Crippen molar-refractivity contribution >= 4 is 29.7 Å². The Bertz CT molecular complexity index is 1040. The minimum atomic E-state index is -1.07. The van der Waals surface area contributed by atoms with E-state index in [1.54, 1.807) is 24.3 Å². The first kappa shape index (κ1) is 33.3. The van der Waals surface area contributed by atoms with Crippen LogP contribution in [0.3, 0.4) is 0 Å². The van der Waals surface area contributed by atoms with Crippen molar-refractivity contribution in [3.8, 4) is 5.75 Å². The van der Waals surface area contributed by atoms with Gasteiger partial charge in [0.15, 0.2) is 5.96 Å². The molecule has 0 fully saturated rings. The van der Waals surface area contributed by atoms with Crippen LogP contribution in [0, 0.1) is 17.8 Å². The van der Waals surface area contributed by atoms with Crippen molar-refractivity contribution in [1.82, 2.24) is 16.0 Å². The zero-order valence-corrected chi connectivity index (χ0v) is 23.9. The normalized spacial score (nSPS) is 20.2. The number of carboxylic acid groups (broad SMARTS) is 1. The van der Waals surface area contributed by atoms with Crippen LogP contribution in [-0.4, -0.2) is 73.1 Å². The van der Waals surface area contributed by atoms with Crippen LogP contribution in [0.4, 0.5) is 0 Å². The number of carbonyl (C=O) groups excluding carboxylic acids is 3. The van der Waals surface area contributed by atoms with E-state index in [1.807, 2.05) is 13.8 Å². The molecular formula is C28H45N7O6. The van der Waals surface area contributed by atoms with Gasteiger partial charge in [0.25, 0.3) is 0 Å². The van der Waals surface area contributed by atoms with E-state index in [1.165, 1.54) is 0 Å². The lowest BCUT2D eigenvalue weighted by Gasteiger charge is -2.28. The second-order valence-electron chi connectivity index (χ2n) is 10.7. The molecule has 0 aliphatic carbocycles. The summed E-state index contributed by atoms with van der Waals surface area (Å²) in [5.74, 6) is -3.79. The summed E-state index contributed by atoms with van der Waals surface area (Å²) in [7, 11) is 0. The Labute approximate surface area is 241 Å². The standard InChI is InChI=1S/C28H45N7O6/c1-17(2)15-21-20(27(39)40)5-4-14-41-19-9-7-18(8-10-19)16-23(35-24(21)36)26(38)34-22(25(37)32-13-11-29)6-3-12-33-28(30)31/h7-10,17,20-23H,3-6,11-16,29H2,1-2H3,(H,32,37)(H,34,38)(H,35,36)(H,39,40)(H4,30,31,33)/t20?,21-,22+,23+/m1/s1. The molecule has 0 saturated heterocycles. The molecule has 0 aromatic heterocycles. The molecule has 4 atom stereocenters. The quantitative estimate of drug-likeness (QED) is 0.0999. The number of nitrogens with one attached hydrogen (secondary N) is 3. The predicted octanol–water partition coefficient (Wildman–Crippen LogP) is -0.137. The third-order valence-electron chi connectivity index (χ3n) is 6.81. The topological polar surface area (TPSA) is 224 Å². The molecular weight excluding hydrogens is 530 g/mol. The number of hydrogen-bond donors (Lipinski definition) is 7. The molecule has 1 aromatic rings. The first-order chi connectivity index (χ1) is 19.5. The van der Waals surface area contributed by atoms with Gasteiger partial charge in [-0.05, 0) is 55.7 Å². The summed E-state index contributed by atoms with van der Waals surface area (Å²) in [6, 6.07) is 5.15. The highest BCUT2D eigenvalue weighted by molar-refractivity contribution is 5.93. The second kappa shape index (κ2) is 17.1. The van der Waals surface area contributed by atoms with Gasteiger partial charge < -0.3 is 43.0 Å². The monoisotopic (exact) mass is 575 g/mol. The molecule has 1 aromatic carbocycles. The van der Waals surface area contributed by atoms with E-state index < -0.39 is 47.6 Å². The zero-order chi connectivity index (χ0) is 30.4. The molecule has 3 amide bonds. The molecule has 0 spiro atoms. The van der Waals surface area contributed by atoms with E-state index in [9.17, 15) is 24.3 Å². The molecule has 2 aliphatic rings. The lowest BCUT2D eigenvalue weighted by molar-refractivity contribution is -0.148. The van der Waals surface area contributed by atoms with Crippen LogP contribution < -0.4 is 37.9 Å². The van der Waals surface area contributed by atoms with Gasteiger partial charge in [-0.25, -0.2) is 0 Å². The Morgan fingerprint density at radius 3 is 2.51 bits per heavy atom. The van der Waals surface area contributed by atoms with E-state index in [0.717, 1.165) is 5.56 Å². The van der Waals surface area contributed by atoms with Gasteiger partial charge in [-0.15, -0.1) is 0 Å². The lowest BCUT2D eigenvalue weighted by Crippen LogP contribution is -2.56. The van der Waals surface area contributed by atoms with E-state index in [-0.39, 0.29) is 50.8 Å². The molecule has 0 radical (unpaired) electrons. The number of guanidine groups is 1. The van der Waals surface area contributed by atoms with Crippen molar-refractivity contribution < 1.29 is 29.0 Å². The maximum Gasteiger partial charge on any atom is 0.307 e. The average Bonchev–Trinajstić information content (AvgIpc) is 2.91. The maximum atomic E-state index is 13.6. The summed E-state index contributed by atoms with van der Waals surface area (Å²) in [4.78, 5) is 56.3. The number of nitrogens with two attached hydrogens (primary N) is 3. The Balaban J connectivity index is 2.36. The fourth-order valence-corrected chi connectivity index (χ4v) is 4.76. The van der Waals surface area contributed by atoms with Crippen LogP contribution in [0.25, 0.3) is 0 Å². The summed E-state index contributed by atoms with van der Waals surface area (Å²) >= 11 is 0. The summed E-state index contributed by atoms with van der Waals surface area (Å²) in [6.45, 7) is 4.86. The van der Waals surface area contributed by atoms with Gasteiger partial charge in [-0.1, -0.05) is 26.0 Å². The third kappa shape index (κ3) is 11.6. The van der Waals surface area contributed by atoms with Crippen molar-refractivity contribution in [3.05, 3.63) is 29.8 Å². The van der Waals surface area contributed by atoms with Gasteiger partial charge >= 0.3 is 5.97 Å². The molecule has 13 heteroatoms. The molecule has 13 nitrogen and oxygen atoms in total. The van der Waals surface area contributed by atoms with Crippen molar-refractivity contribution in [2.45, 2.75) is 64.5 Å². The zero-order valence-electron chi connectivity index (χ0n) is 23.9. The Morgan fingerprint density at radius 2 is 1.90 bits per heavy atom. The van der Waals surface area contributed by atoms with Gasteiger partial charge in [-0.3, -0.25) is 24.2 Å². The number of benzene rings is 1. The highest BCUT2D eigenvalue weighted by Gasteiger charge is 2.36. The number of hydrogen-bond acceptors (Lipinski definition) is 7. The van der Waals surface area contributed by atoms with Gasteiger partial charge in [0, 0.05) is 26.1 Å². The average molecular weight is 576 g/mol. The minimum absolute atomic E-state index is 0.0441. The Hall–Kier alpha value is -3.87. The smallest absolute Gasteiger partial charge is 0.307 e. The first-order valence-corrected chi connectivity index (χ1v) is 14.1. The van der Waals surface area contributed by atoms with Crippen molar-refractivity contribution in [2.75, 3.05) is 26.2 Å². The molecule has 2 heterocycles. The molecule has 228 valence electrons. The molecule has 2 aliphatic heterocycles. The predicted molar refractivity (Wildman–Crippen MR) is 155 cm³/mol. The molecule has 0 saturated carbocycles. The number of amides is 3. The molecule has 41 heavy (non-hydrogen) atoms. The Morgan fingerprint density at radius 1 is 1.20 bits per heavy atom. The SMILES string of the molecule is CC(C)C[C@H]1C(=O)N[C@H](C(=O)N[C@@H](CCCN=C(N)N)C(=O)NCCN)Cc2ccc(cc2)OCCCC1C(=O)O. The van der Waals surface area contributed by atoms with Crippen LogP contribution in [0.5, 0.6) is 5.75 Å². The van der Waals surface area contributed by atoms with Crippen molar-refractivity contribution in [1.29, 1.82) is 0 Å². The fraction of sp³-hybridized carbons (Fsp3) is 0.607. The lowest BCUT2D eigenvalue weighted by atomic mass is 9.81. The van der Waals surface area contributed by atoms with Gasteiger partial charge in [0.2, 0.25) is 17.7 Å². The number of nitrogens with zero attached hydrogens (tertiary/aromatic N) is 1. The second-order valence-corrected chi connectivity index (χ2v) is 10.7. The van der Waals surface area contributed by atoms with Crippen LogP contribution in [-0.2, 0) is 25.6 Å². The van der Waals surface area contributed by atoms with Crippen molar-refractivity contribution in [2.24, 2.45) is 39.9 Å². The molecule has 3 rings (SSSR count). The number of carbonyl (C=O) groups is 4. The van der Waals surface area contributed by atoms with Gasteiger partial charge in [0.05, 0.1) is 18.4 Å². The summed E-state index contributed by atoms with van der Waals surface area (Å²) in [5, 5.41) is 18.3. The maximum absolute atomic E-state index is 13.6. The number of aliphatic imine (C=N–C) groups is 1. The summed E-state index contributed by atoms with van der Waals surface area (Å²) < 4.78 is 5.77. The van der Waals surface area contributed by atoms with E-state index >= 15 is 0 Å². The number of carboxylic acids is 1. The van der Waals surface area contributed by atoms with E-state index in [0.29, 0.717) is 31.6 Å². The van der Waals surface area contributed by atoms with Crippen molar-refractivity contribution in [3.63, 3.8) is 0 Å². The highest BCUT2D eigenvalue weighted by atomic mass is 16.5. The highest BCUT2D eigenvalue weighted by Crippen LogP contribution is 2.27. The first-order valence-electron chi connectivity index (χ1n) is 14.1. The van der Waals surface area contributed by atoms with Crippen LogP contribution in [0.1, 0.15) is 51.5 Å². The third-order valence-corrected chi connectivity index (χ3v) is 6.81. The number of rotatable bonds is 12. The molecule has 1 unspecified atom stereocenters. The van der Waals surface area contributed by atoms with Gasteiger partial charge in [-0.2, -0.15) is 0 Å². The number of ether oxygens (including phenoxy) is 1. The van der Waals surface area contributed by atoms with E-state index in [2.05, 4.69) is 20.9 Å². The molecule has 2 bridgehead atoms. The summed E-state index contributed by atoms with van der Waals surface area (Å²) in [6.07, 6.45) is 1.80. The van der Waals surface area contributed by atoms with Crippen LogP contribution in [0.15, 0.2) is 29.3 Å². The van der Waals surface area contributed by atoms with E-state index in [4.69, 9.17) is 21.9 Å². The molecule has 10 N–H and O–H groups in total. The van der Waals surface area contributed by atoms with Crippen LogP contribution >= 0.6 is 0 Å². The number of fused-ring (bicyclic) bond motifs is 11. The Kier molecular flexibility index (Phi) is 13.9. The van der Waals surface area contributed by atoms with Gasteiger partial charge in [0.1, 0.15) is 17.8 Å².